The summed E-state index contributed by atoms with van der Waals surface area (Å²) in [5, 5.41) is 53.9. The van der Waals surface area contributed by atoms with Crippen molar-refractivity contribution >= 4 is 16.8 Å². The minimum Gasteiger partial charge on any atom is -0.394 e. The van der Waals surface area contributed by atoms with Crippen molar-refractivity contribution < 1.29 is 30.0 Å². The number of H-pyrrole nitrogens is 1. The highest BCUT2D eigenvalue weighted by molar-refractivity contribution is 5.86. The van der Waals surface area contributed by atoms with Crippen molar-refractivity contribution in [1.29, 1.82) is 0 Å². The van der Waals surface area contributed by atoms with E-state index in [1.165, 1.54) is 45.3 Å². The molecular formula is C45H63N5O6. The molecular weight excluding hydrogens is 707 g/mol. The van der Waals surface area contributed by atoms with Crippen molar-refractivity contribution in [3.63, 3.8) is 0 Å². The first-order valence-corrected chi connectivity index (χ1v) is 21.2. The summed E-state index contributed by atoms with van der Waals surface area (Å²) in [4.78, 5) is 18.7. The van der Waals surface area contributed by atoms with Crippen LogP contribution < -0.4 is 5.32 Å². The number of hydrogen-bond donors (Lipinski definition) is 6. The summed E-state index contributed by atoms with van der Waals surface area (Å²) in [5.74, 6) is 1.34. The normalized spacial score (nSPS) is 42.4. The fourth-order valence-electron chi connectivity index (χ4n) is 14.1. The van der Waals surface area contributed by atoms with Crippen molar-refractivity contribution in [3.8, 4) is 0 Å². The standard InChI is InChI=1S/C45H63N5O6/c1-40(2)16-18-45(39(55)46-22-25-23-50(49-48-25)38-36(54)35(53)34(52)31(24-51)56-38)19-17-43(6)28(29(45)21-40)12-13-33-42(5)20-27-26-10-8-9-11-30(26)47-37(27)41(3,4)32(42)14-15-44(33,43)7/h8-12,23,29,31-36,38,47,51-54H,13-22,24H2,1-7H3,(H,46,55)/t29-,31?,32+,33-,34?,35?,36?,38?,42+,43-,44-,45+/m1/s1. The molecule has 1 aromatic carbocycles. The molecule has 304 valence electrons. The number of aliphatic hydroxyl groups excluding tert-OH is 4. The van der Waals surface area contributed by atoms with Crippen LogP contribution in [-0.2, 0) is 27.9 Å². The van der Waals surface area contributed by atoms with Crippen LogP contribution in [0.25, 0.3) is 10.9 Å². The number of aromatic amines is 1. The molecule has 4 fully saturated rings. The first kappa shape index (κ1) is 38.4. The Labute approximate surface area is 330 Å². The lowest BCUT2D eigenvalue weighted by Crippen LogP contribution is -2.65. The van der Waals surface area contributed by atoms with Gasteiger partial charge < -0.3 is 35.5 Å². The molecule has 1 amide bonds. The second-order valence-corrected chi connectivity index (χ2v) is 20.9. The van der Waals surface area contributed by atoms with Gasteiger partial charge in [0.25, 0.3) is 0 Å². The number of amides is 1. The molecule has 3 saturated carbocycles. The van der Waals surface area contributed by atoms with Crippen LogP contribution in [0.4, 0.5) is 0 Å². The van der Waals surface area contributed by atoms with Gasteiger partial charge in [-0.25, -0.2) is 4.68 Å². The summed E-state index contributed by atoms with van der Waals surface area (Å²) in [6.45, 7) is 17.2. The number of rotatable bonds is 5. The van der Waals surface area contributed by atoms with E-state index >= 15 is 0 Å². The zero-order chi connectivity index (χ0) is 39.8. The van der Waals surface area contributed by atoms with Crippen molar-refractivity contribution in [2.75, 3.05) is 6.61 Å². The van der Waals surface area contributed by atoms with Crippen LogP contribution in [0.2, 0.25) is 0 Å². The number of hydrogen-bond acceptors (Lipinski definition) is 8. The topological polar surface area (TPSA) is 166 Å². The molecule has 56 heavy (non-hydrogen) atoms. The van der Waals surface area contributed by atoms with Gasteiger partial charge in [0.05, 0.1) is 24.8 Å². The average molecular weight is 770 g/mol. The molecule has 11 nitrogen and oxygen atoms in total. The highest BCUT2D eigenvalue weighted by atomic mass is 16.6. The van der Waals surface area contributed by atoms with Crippen LogP contribution in [-0.4, -0.2) is 77.3 Å². The fraction of sp³-hybridized carbons (Fsp3) is 0.711. The maximum absolute atomic E-state index is 14.8. The molecule has 0 spiro atoms. The van der Waals surface area contributed by atoms with Crippen LogP contribution in [0.3, 0.4) is 0 Å². The van der Waals surface area contributed by atoms with Gasteiger partial charge in [-0.2, -0.15) is 0 Å². The van der Waals surface area contributed by atoms with E-state index in [0.29, 0.717) is 17.5 Å². The molecule has 6 N–H and O–H groups in total. The van der Waals surface area contributed by atoms with E-state index in [1.807, 2.05) is 0 Å². The third kappa shape index (κ3) is 5.22. The van der Waals surface area contributed by atoms with Crippen LogP contribution in [0.5, 0.6) is 0 Å². The molecule has 0 radical (unpaired) electrons. The SMILES string of the molecule is CC1(C)CC[C@]2(C(=O)NCc3cn(C4OC(CO)C(O)C(O)C4O)nn3)CC[C@]3(C)C(=CC[C@@H]4[C@@]5(C)Cc6c([nH]c7ccccc67)C(C)(C)[C@@H]5CC[C@]43C)[C@H]2C1. The molecule has 5 aliphatic carbocycles. The van der Waals surface area contributed by atoms with E-state index in [-0.39, 0.29) is 45.4 Å². The summed E-state index contributed by atoms with van der Waals surface area (Å²) in [6.07, 6.45) is 6.80. The molecule has 3 heterocycles. The van der Waals surface area contributed by atoms with Crippen LogP contribution in [0, 0.1) is 44.8 Å². The number of ether oxygens (including phenoxy) is 1. The number of fused-ring (bicyclic) bond motifs is 10. The van der Waals surface area contributed by atoms with Gasteiger partial charge in [0, 0.05) is 22.0 Å². The molecule has 11 heteroatoms. The van der Waals surface area contributed by atoms with Gasteiger partial charge in [-0.05, 0) is 109 Å². The van der Waals surface area contributed by atoms with Gasteiger partial charge in [-0.3, -0.25) is 4.79 Å². The number of aromatic nitrogens is 4. The van der Waals surface area contributed by atoms with Crippen LogP contribution in [0.15, 0.2) is 42.1 Å². The largest absolute Gasteiger partial charge is 0.394 e. The van der Waals surface area contributed by atoms with E-state index in [4.69, 9.17) is 4.74 Å². The predicted molar refractivity (Wildman–Crippen MR) is 212 cm³/mol. The first-order chi connectivity index (χ1) is 26.4. The summed E-state index contributed by atoms with van der Waals surface area (Å²) in [5.41, 5.74) is 6.15. The maximum atomic E-state index is 14.8. The predicted octanol–water partition coefficient (Wildman–Crippen LogP) is 5.86. The number of para-hydroxylation sites is 1. The van der Waals surface area contributed by atoms with Gasteiger partial charge >= 0.3 is 0 Å². The average Bonchev–Trinajstić information content (AvgIpc) is 3.78. The first-order valence-electron chi connectivity index (χ1n) is 21.2. The Morgan fingerprint density at radius 3 is 2.48 bits per heavy atom. The number of benzene rings is 1. The zero-order valence-electron chi connectivity index (χ0n) is 34.3. The van der Waals surface area contributed by atoms with Crippen LogP contribution >= 0.6 is 0 Å². The van der Waals surface area contributed by atoms with E-state index in [2.05, 4.69) is 99.4 Å². The van der Waals surface area contributed by atoms with Crippen molar-refractivity contribution in [2.24, 2.45) is 44.8 Å². The number of aliphatic hydroxyl groups is 4. The molecule has 1 saturated heterocycles. The van der Waals surface area contributed by atoms with Crippen molar-refractivity contribution in [1.82, 2.24) is 25.3 Å². The zero-order valence-corrected chi connectivity index (χ0v) is 34.3. The second kappa shape index (κ2) is 12.7. The summed E-state index contributed by atoms with van der Waals surface area (Å²) in [6, 6.07) is 8.88. The van der Waals surface area contributed by atoms with E-state index < -0.39 is 42.7 Å². The van der Waals surface area contributed by atoms with Gasteiger partial charge in [0.15, 0.2) is 6.23 Å². The molecule has 6 aliphatic rings. The summed E-state index contributed by atoms with van der Waals surface area (Å²) in [7, 11) is 0. The lowest BCUT2D eigenvalue weighted by molar-refractivity contribution is -0.254. The Bertz CT molecular complexity index is 2070. The Kier molecular flexibility index (Phi) is 8.72. The monoisotopic (exact) mass is 769 g/mol. The molecule has 2 aromatic heterocycles. The highest BCUT2D eigenvalue weighted by Gasteiger charge is 2.69. The smallest absolute Gasteiger partial charge is 0.227 e. The summed E-state index contributed by atoms with van der Waals surface area (Å²) < 4.78 is 6.96. The number of allylic oxidation sites excluding steroid dienone is 2. The highest BCUT2D eigenvalue weighted by Crippen LogP contribution is 2.75. The number of carbonyl (C=O) groups excluding carboxylic acids is 1. The fourth-order valence-corrected chi connectivity index (χ4v) is 14.1. The number of nitrogens with one attached hydrogen (secondary N) is 2. The van der Waals surface area contributed by atoms with Crippen molar-refractivity contribution in [3.05, 3.63) is 59.1 Å². The quantitative estimate of drug-likeness (QED) is 0.176. The second-order valence-electron chi connectivity index (χ2n) is 20.9. The number of nitrogens with zero attached hydrogens (tertiary/aromatic N) is 3. The van der Waals surface area contributed by atoms with Gasteiger partial charge in [-0.1, -0.05) is 83.5 Å². The third-order valence-electron chi connectivity index (χ3n) is 17.4. The minimum absolute atomic E-state index is 0.00943. The Balaban J connectivity index is 1.00. The third-order valence-corrected chi connectivity index (χ3v) is 17.4. The minimum atomic E-state index is -1.52. The van der Waals surface area contributed by atoms with Gasteiger partial charge in [0.2, 0.25) is 5.91 Å². The molecule has 0 bridgehead atoms. The van der Waals surface area contributed by atoms with Gasteiger partial charge in [0.1, 0.15) is 30.1 Å². The number of carbonyl (C=O) groups is 1. The Hall–Kier alpha value is -3.09. The van der Waals surface area contributed by atoms with E-state index in [9.17, 15) is 25.2 Å². The molecule has 1 aliphatic heterocycles. The van der Waals surface area contributed by atoms with Gasteiger partial charge in [-0.15, -0.1) is 5.10 Å². The van der Waals surface area contributed by atoms with Crippen LogP contribution in [0.1, 0.15) is 123 Å². The Morgan fingerprint density at radius 1 is 0.964 bits per heavy atom. The molecule has 3 aromatic rings. The summed E-state index contributed by atoms with van der Waals surface area (Å²) >= 11 is 0. The van der Waals surface area contributed by atoms with E-state index in [0.717, 1.165) is 44.9 Å². The van der Waals surface area contributed by atoms with E-state index in [1.54, 1.807) is 6.20 Å². The Morgan fingerprint density at radius 2 is 1.71 bits per heavy atom. The maximum Gasteiger partial charge on any atom is 0.227 e. The lowest BCUT2D eigenvalue weighted by atomic mass is 9.33. The molecule has 5 unspecified atom stereocenters. The molecule has 9 rings (SSSR count). The van der Waals surface area contributed by atoms with Crippen molar-refractivity contribution in [2.45, 2.75) is 149 Å². The molecule has 12 atom stereocenters. The lowest BCUT2D eigenvalue weighted by Gasteiger charge is -2.70.